The zero-order chi connectivity index (χ0) is 10.2. The molecule has 1 aromatic carbocycles. The van der Waals surface area contributed by atoms with Crippen LogP contribution in [-0.4, -0.2) is 11.1 Å². The van der Waals surface area contributed by atoms with Crippen LogP contribution >= 0.6 is 23.2 Å². The second-order valence-electron chi connectivity index (χ2n) is 2.58. The summed E-state index contributed by atoms with van der Waals surface area (Å²) in [5, 5.41) is 8.84. The molecule has 3 N–H and O–H groups in total. The number of carboxylic acids is 1. The van der Waals surface area contributed by atoms with E-state index in [0.29, 0.717) is 5.56 Å². The molecule has 0 amide bonds. The number of aromatic carboxylic acids is 1. The third-order valence-corrected chi connectivity index (χ3v) is 2.37. The van der Waals surface area contributed by atoms with E-state index in [9.17, 15) is 4.79 Å². The molecule has 0 aromatic heterocycles. The van der Waals surface area contributed by atoms with E-state index in [1.165, 1.54) is 6.07 Å². The molecular weight excluding hydrogens is 213 g/mol. The fraction of sp³-hybridized carbons (Fsp3) is 0.125. The Morgan fingerprint density at radius 2 is 2.08 bits per heavy atom. The van der Waals surface area contributed by atoms with Gasteiger partial charge < -0.3 is 10.8 Å². The topological polar surface area (TPSA) is 63.3 Å². The maximum atomic E-state index is 10.7. The number of carboxylic acid groups (broad SMARTS) is 1. The molecule has 0 spiro atoms. The minimum absolute atomic E-state index is 0.00231. The van der Waals surface area contributed by atoms with Crippen LogP contribution in [0.2, 0.25) is 10.0 Å². The third kappa shape index (κ3) is 1.71. The minimum atomic E-state index is -1.18. The molecule has 0 heterocycles. The summed E-state index contributed by atoms with van der Waals surface area (Å²) in [5.74, 6) is -1.18. The van der Waals surface area contributed by atoms with Gasteiger partial charge in [0.05, 0.1) is 21.3 Å². The van der Waals surface area contributed by atoms with E-state index >= 15 is 0 Å². The summed E-state index contributed by atoms with van der Waals surface area (Å²) in [7, 11) is 0. The SMILES string of the molecule is Cc1cc(Cl)c(C(=O)O)c(Cl)c1N. The molecule has 5 heteroatoms. The summed E-state index contributed by atoms with van der Waals surface area (Å²) in [6, 6.07) is 1.48. The molecule has 1 aromatic rings. The molecule has 0 radical (unpaired) electrons. The van der Waals surface area contributed by atoms with Crippen LogP contribution in [0.3, 0.4) is 0 Å². The van der Waals surface area contributed by atoms with Crippen molar-refractivity contribution in [1.29, 1.82) is 0 Å². The molecule has 0 atom stereocenters. The molecule has 0 saturated heterocycles. The number of carbonyl (C=O) groups is 1. The van der Waals surface area contributed by atoms with E-state index in [2.05, 4.69) is 0 Å². The Balaban J connectivity index is 3.53. The number of nitrogen functional groups attached to an aromatic ring is 1. The van der Waals surface area contributed by atoms with Crippen LogP contribution in [0.25, 0.3) is 0 Å². The maximum absolute atomic E-state index is 10.7. The van der Waals surface area contributed by atoms with E-state index in [-0.39, 0.29) is 21.3 Å². The van der Waals surface area contributed by atoms with Crippen LogP contribution in [0, 0.1) is 6.92 Å². The molecular formula is C8H7Cl2NO2. The van der Waals surface area contributed by atoms with Crippen LogP contribution < -0.4 is 5.73 Å². The van der Waals surface area contributed by atoms with Crippen LogP contribution in [0.4, 0.5) is 5.69 Å². The normalized spacial score (nSPS) is 10.1. The number of aryl methyl sites for hydroxylation is 1. The molecule has 0 unspecified atom stereocenters. The standard InChI is InChI=1S/C8H7Cl2NO2/c1-3-2-4(9)5(8(12)13)6(10)7(3)11/h2H,11H2,1H3,(H,12,13). The fourth-order valence-corrected chi connectivity index (χ4v) is 1.67. The number of halogens is 2. The van der Waals surface area contributed by atoms with Crippen LogP contribution in [0.1, 0.15) is 15.9 Å². The molecule has 0 fully saturated rings. The molecule has 0 aliphatic carbocycles. The first-order valence-corrected chi connectivity index (χ1v) is 4.18. The summed E-state index contributed by atoms with van der Waals surface area (Å²) < 4.78 is 0. The largest absolute Gasteiger partial charge is 0.478 e. The molecule has 1 rings (SSSR count). The van der Waals surface area contributed by atoms with E-state index in [1.54, 1.807) is 6.92 Å². The summed E-state index contributed by atoms with van der Waals surface area (Å²) in [5.41, 5.74) is 6.31. The van der Waals surface area contributed by atoms with Crippen LogP contribution in [0.5, 0.6) is 0 Å². The van der Waals surface area contributed by atoms with Gasteiger partial charge >= 0.3 is 5.97 Å². The van der Waals surface area contributed by atoms with Gasteiger partial charge in [0.15, 0.2) is 0 Å². The lowest BCUT2D eigenvalue weighted by atomic mass is 10.1. The van der Waals surface area contributed by atoms with Crippen molar-refractivity contribution >= 4 is 34.9 Å². The highest BCUT2D eigenvalue weighted by Crippen LogP contribution is 2.32. The van der Waals surface area contributed by atoms with Gasteiger partial charge in [0, 0.05) is 0 Å². The minimum Gasteiger partial charge on any atom is -0.478 e. The predicted molar refractivity (Wildman–Crippen MR) is 52.6 cm³/mol. The zero-order valence-electron chi connectivity index (χ0n) is 6.77. The van der Waals surface area contributed by atoms with Gasteiger partial charge in [0.25, 0.3) is 0 Å². The first-order valence-electron chi connectivity index (χ1n) is 3.42. The second-order valence-corrected chi connectivity index (χ2v) is 3.37. The molecule has 70 valence electrons. The quantitative estimate of drug-likeness (QED) is 0.715. The Labute approximate surface area is 85.1 Å². The van der Waals surface area contributed by atoms with Crippen LogP contribution in [0.15, 0.2) is 6.07 Å². The lowest BCUT2D eigenvalue weighted by molar-refractivity contribution is 0.0697. The highest BCUT2D eigenvalue weighted by atomic mass is 35.5. The third-order valence-electron chi connectivity index (χ3n) is 1.68. The highest BCUT2D eigenvalue weighted by molar-refractivity contribution is 6.41. The van der Waals surface area contributed by atoms with Gasteiger partial charge in [-0.15, -0.1) is 0 Å². The van der Waals surface area contributed by atoms with E-state index in [1.807, 2.05) is 0 Å². The van der Waals surface area contributed by atoms with E-state index in [0.717, 1.165) is 0 Å². The second kappa shape index (κ2) is 3.44. The van der Waals surface area contributed by atoms with Crippen molar-refractivity contribution in [2.24, 2.45) is 0 Å². The lowest BCUT2D eigenvalue weighted by Crippen LogP contribution is -2.03. The Hall–Kier alpha value is -0.930. The number of nitrogens with two attached hydrogens (primary N) is 1. The summed E-state index contributed by atoms with van der Waals surface area (Å²) in [6.45, 7) is 1.71. The Bertz CT molecular complexity index is 377. The summed E-state index contributed by atoms with van der Waals surface area (Å²) in [4.78, 5) is 10.7. The van der Waals surface area contributed by atoms with Crippen molar-refractivity contribution in [2.45, 2.75) is 6.92 Å². The average Bonchev–Trinajstić information content (AvgIpc) is 1.99. The smallest absolute Gasteiger partial charge is 0.338 e. The van der Waals surface area contributed by atoms with Gasteiger partial charge in [-0.25, -0.2) is 4.79 Å². The van der Waals surface area contributed by atoms with Gasteiger partial charge in [0.1, 0.15) is 0 Å². The van der Waals surface area contributed by atoms with Crippen LogP contribution in [-0.2, 0) is 0 Å². The average molecular weight is 220 g/mol. The van der Waals surface area contributed by atoms with Crippen molar-refractivity contribution in [3.05, 3.63) is 27.2 Å². The number of anilines is 1. The van der Waals surface area contributed by atoms with Gasteiger partial charge in [-0.05, 0) is 18.6 Å². The Morgan fingerprint density at radius 1 is 1.54 bits per heavy atom. The fourth-order valence-electron chi connectivity index (χ4n) is 0.949. The van der Waals surface area contributed by atoms with E-state index in [4.69, 9.17) is 34.0 Å². The summed E-state index contributed by atoms with van der Waals surface area (Å²) >= 11 is 11.4. The number of hydrogen-bond acceptors (Lipinski definition) is 2. The molecule has 13 heavy (non-hydrogen) atoms. The molecule has 0 bridgehead atoms. The molecule has 0 aliphatic rings. The molecule has 0 aliphatic heterocycles. The van der Waals surface area contributed by atoms with Gasteiger partial charge in [-0.3, -0.25) is 0 Å². The van der Waals surface area contributed by atoms with Crippen molar-refractivity contribution in [2.75, 3.05) is 5.73 Å². The maximum Gasteiger partial charge on any atom is 0.338 e. The molecule has 3 nitrogen and oxygen atoms in total. The number of rotatable bonds is 1. The zero-order valence-corrected chi connectivity index (χ0v) is 8.28. The number of benzene rings is 1. The number of hydrogen-bond donors (Lipinski definition) is 2. The Morgan fingerprint density at radius 3 is 2.54 bits per heavy atom. The van der Waals surface area contributed by atoms with Gasteiger partial charge in [0.2, 0.25) is 0 Å². The van der Waals surface area contributed by atoms with Gasteiger partial charge in [-0.2, -0.15) is 0 Å². The lowest BCUT2D eigenvalue weighted by Gasteiger charge is -2.07. The first-order chi connectivity index (χ1) is 5.95. The van der Waals surface area contributed by atoms with Crippen molar-refractivity contribution < 1.29 is 9.90 Å². The predicted octanol–water partition coefficient (Wildman–Crippen LogP) is 2.58. The van der Waals surface area contributed by atoms with Crippen molar-refractivity contribution in [1.82, 2.24) is 0 Å². The highest BCUT2D eigenvalue weighted by Gasteiger charge is 2.17. The summed E-state index contributed by atoms with van der Waals surface area (Å²) in [6.07, 6.45) is 0. The monoisotopic (exact) mass is 219 g/mol. The van der Waals surface area contributed by atoms with Crippen molar-refractivity contribution in [3.63, 3.8) is 0 Å². The molecule has 0 saturated carbocycles. The van der Waals surface area contributed by atoms with E-state index < -0.39 is 5.97 Å². The van der Waals surface area contributed by atoms with Gasteiger partial charge in [-0.1, -0.05) is 23.2 Å². The first kappa shape index (κ1) is 10.2. The van der Waals surface area contributed by atoms with Crippen molar-refractivity contribution in [3.8, 4) is 0 Å². The Kier molecular flexibility index (Phi) is 2.68.